The van der Waals surface area contributed by atoms with E-state index in [1.54, 1.807) is 6.07 Å². The van der Waals surface area contributed by atoms with Crippen LogP contribution in [0.1, 0.15) is 38.3 Å². The molecule has 2 aromatic carbocycles. The number of hydrogen-bond donors (Lipinski definition) is 2. The van der Waals surface area contributed by atoms with Crippen molar-refractivity contribution in [2.24, 2.45) is 5.73 Å². The number of nitrogens with one attached hydrogen (secondary N) is 1. The van der Waals surface area contributed by atoms with Crippen LogP contribution in [-0.2, 0) is 27.2 Å². The first-order chi connectivity index (χ1) is 19.2. The minimum Gasteiger partial charge on any atom is -0.480 e. The number of rotatable bonds is 14. The van der Waals surface area contributed by atoms with E-state index < -0.39 is 40.3 Å². The lowest BCUT2D eigenvalue weighted by Crippen LogP contribution is -2.55. The van der Waals surface area contributed by atoms with Crippen LogP contribution in [0.15, 0.2) is 42.5 Å². The highest BCUT2D eigenvalue weighted by molar-refractivity contribution is 6.67. The average Bonchev–Trinajstić information content (AvgIpc) is 2.89. The number of hydrogen-bond acceptors (Lipinski definition) is 5. The molecule has 2 unspecified atom stereocenters. The predicted molar refractivity (Wildman–Crippen MR) is 170 cm³/mol. The molecule has 2 atom stereocenters. The summed E-state index contributed by atoms with van der Waals surface area (Å²) in [5.74, 6) is -1.77. The zero-order chi connectivity index (χ0) is 31.4. The molecule has 6 nitrogen and oxygen atoms in total. The number of carbonyl (C=O) groups is 2. The summed E-state index contributed by atoms with van der Waals surface area (Å²) < 4.78 is 18.4. The van der Waals surface area contributed by atoms with Gasteiger partial charge in [-0.2, -0.15) is 0 Å². The number of ether oxygens (including phenoxy) is 1. The Morgan fingerprint density at radius 2 is 1.61 bits per heavy atom. The number of anilines is 1. The molecule has 0 bridgehead atoms. The maximum absolute atomic E-state index is 13.4. The van der Waals surface area contributed by atoms with Crippen LogP contribution in [0, 0.1) is 5.82 Å². The summed E-state index contributed by atoms with van der Waals surface area (Å²) >= 11 is 5.92. The van der Waals surface area contributed by atoms with E-state index in [1.165, 1.54) is 24.3 Å². The van der Waals surface area contributed by atoms with E-state index in [1.807, 2.05) is 26.0 Å². The first-order valence-corrected chi connectivity index (χ1v) is 13.9. The van der Waals surface area contributed by atoms with Gasteiger partial charge in [-0.05, 0) is 42.2 Å². The molecule has 41 heavy (non-hydrogen) atoms. The van der Waals surface area contributed by atoms with Gasteiger partial charge in [0.25, 0.3) is 0 Å². The van der Waals surface area contributed by atoms with Crippen LogP contribution in [0.25, 0.3) is 0 Å². The van der Waals surface area contributed by atoms with Gasteiger partial charge in [-0.25, -0.2) is 9.18 Å². The Kier molecular flexibility index (Phi) is 15.3. The average molecular weight is 567 g/mol. The summed E-state index contributed by atoms with van der Waals surface area (Å²) in [7, 11) is 34.1. The second-order valence-corrected chi connectivity index (χ2v) is 9.80. The summed E-state index contributed by atoms with van der Waals surface area (Å²) in [4.78, 5) is 28.0. The second-order valence-electron chi connectivity index (χ2n) is 9.42. The second kappa shape index (κ2) is 17.0. The Hall–Kier alpha value is -2.25. The first kappa shape index (κ1) is 36.8. The van der Waals surface area contributed by atoms with Crippen LogP contribution < -0.4 is 21.4 Å². The normalized spacial score (nSPS) is 12.8. The molecule has 0 spiro atoms. The highest BCUT2D eigenvalue weighted by Crippen LogP contribution is 2.26. The lowest BCUT2D eigenvalue weighted by molar-refractivity contribution is -0.151. The van der Waals surface area contributed by atoms with Crippen LogP contribution in [-0.4, -0.2) is 95.4 Å². The van der Waals surface area contributed by atoms with Crippen molar-refractivity contribution in [3.8, 4) is 0 Å². The van der Waals surface area contributed by atoms with Gasteiger partial charge in [-0.1, -0.05) is 50.5 Å². The largest absolute Gasteiger partial charge is 0.480 e. The summed E-state index contributed by atoms with van der Waals surface area (Å²) in [6.45, 7) is 7.48. The van der Waals surface area contributed by atoms with Crippen molar-refractivity contribution in [3.05, 3.63) is 59.4 Å². The highest BCUT2D eigenvalue weighted by Gasteiger charge is 2.36. The Balaban J connectivity index is 0.00000411. The van der Waals surface area contributed by atoms with Crippen molar-refractivity contribution >= 4 is 81.7 Å². The van der Waals surface area contributed by atoms with Crippen molar-refractivity contribution in [2.45, 2.75) is 62.6 Å². The van der Waals surface area contributed by atoms with Crippen molar-refractivity contribution in [1.29, 1.82) is 0 Å². The third-order valence-electron chi connectivity index (χ3n) is 5.97. The molecule has 0 aliphatic carbocycles. The number of halogens is 2. The lowest BCUT2D eigenvalue weighted by Gasteiger charge is -2.42. The SMILES string of the molecule is CC.[B]c1cc(CC(N)C(=O)NC(Cc2ccc(F)cc2)C(=O)OC([B])([B])C([B])([B])[B])ccc1N(CCC)CCCl. The highest BCUT2D eigenvalue weighted by atomic mass is 35.5. The Morgan fingerprint density at radius 1 is 1.02 bits per heavy atom. The standard InChI is InChI=1S/C25H27B6ClFN3O3.C2H6/c1-2-10-36(11-9-32)21-8-5-16(12-18(21)26)13-19(34)22(37)35-20(14-15-3-6-17(33)7-4-15)23(38)39-25(30,31)24(27,28)29;1-2/h3-8,12,19-20H,2,9-11,13-14,34H2,1H3,(H,35,37);1-2H3. The van der Waals surface area contributed by atoms with Gasteiger partial charge in [-0.15, -0.1) is 16.7 Å². The zero-order valence-electron chi connectivity index (χ0n) is 23.9. The molecular formula is C27H33B6ClFN3O3. The van der Waals surface area contributed by atoms with Gasteiger partial charge in [0.15, 0.2) is 0 Å². The van der Waals surface area contributed by atoms with Gasteiger partial charge in [0, 0.05) is 36.5 Å². The number of nitrogens with zero attached hydrogens (tertiary/aromatic N) is 1. The van der Waals surface area contributed by atoms with E-state index >= 15 is 0 Å². The molecule has 2 aromatic rings. The molecule has 14 heteroatoms. The maximum Gasteiger partial charge on any atom is 0.327 e. The number of amides is 1. The first-order valence-electron chi connectivity index (χ1n) is 13.4. The minimum atomic E-state index is -2.47. The summed E-state index contributed by atoms with van der Waals surface area (Å²) in [6.07, 6.45) is 0.936. The molecule has 1 amide bonds. The van der Waals surface area contributed by atoms with Gasteiger partial charge in [-0.3, -0.25) is 4.79 Å². The molecule has 2 rings (SSSR count). The Morgan fingerprint density at radius 3 is 2.12 bits per heavy atom. The fraction of sp³-hybridized carbons (Fsp3) is 0.481. The smallest absolute Gasteiger partial charge is 0.327 e. The van der Waals surface area contributed by atoms with E-state index in [9.17, 15) is 14.0 Å². The summed E-state index contributed by atoms with van der Waals surface area (Å²) in [5.41, 5.74) is 8.73. The third kappa shape index (κ3) is 11.5. The summed E-state index contributed by atoms with van der Waals surface area (Å²) in [6, 6.07) is 8.31. The fourth-order valence-electron chi connectivity index (χ4n) is 3.74. The van der Waals surface area contributed by atoms with E-state index in [0.717, 1.165) is 18.7 Å². The van der Waals surface area contributed by atoms with Gasteiger partial charge < -0.3 is 20.7 Å². The topological polar surface area (TPSA) is 84.7 Å². The van der Waals surface area contributed by atoms with Crippen LogP contribution in [0.3, 0.4) is 0 Å². The van der Waals surface area contributed by atoms with Crippen LogP contribution in [0.5, 0.6) is 0 Å². The molecule has 0 aliphatic rings. The van der Waals surface area contributed by atoms with Crippen molar-refractivity contribution < 1.29 is 18.7 Å². The number of esters is 1. The van der Waals surface area contributed by atoms with Gasteiger partial charge >= 0.3 is 5.97 Å². The van der Waals surface area contributed by atoms with Crippen LogP contribution in [0.2, 0.25) is 5.11 Å². The number of benzene rings is 2. The van der Waals surface area contributed by atoms with E-state index in [-0.39, 0.29) is 12.8 Å². The Bertz CT molecular complexity index is 1120. The molecule has 0 heterocycles. The van der Waals surface area contributed by atoms with Crippen molar-refractivity contribution in [1.82, 2.24) is 5.32 Å². The van der Waals surface area contributed by atoms with Gasteiger partial charge in [0.2, 0.25) is 5.91 Å². The maximum atomic E-state index is 13.4. The Labute approximate surface area is 256 Å². The van der Waals surface area contributed by atoms with Crippen molar-refractivity contribution in [2.75, 3.05) is 23.9 Å². The van der Waals surface area contributed by atoms with Crippen LogP contribution in [0.4, 0.5) is 10.1 Å². The molecule has 0 saturated heterocycles. The molecule has 0 saturated carbocycles. The molecule has 0 fully saturated rings. The molecule has 0 aromatic heterocycles. The monoisotopic (exact) mass is 567 g/mol. The number of nitrogens with two attached hydrogens (primary N) is 1. The van der Waals surface area contributed by atoms with Crippen LogP contribution >= 0.6 is 11.6 Å². The molecule has 0 aliphatic heterocycles. The van der Waals surface area contributed by atoms with E-state index in [2.05, 4.69) is 17.1 Å². The third-order valence-corrected chi connectivity index (χ3v) is 6.14. The zero-order valence-corrected chi connectivity index (χ0v) is 24.7. The van der Waals surface area contributed by atoms with Crippen molar-refractivity contribution in [3.63, 3.8) is 0 Å². The number of carbonyl (C=O) groups excluding carboxylic acids is 2. The number of alkyl halides is 1. The fourth-order valence-corrected chi connectivity index (χ4v) is 3.95. The van der Waals surface area contributed by atoms with Gasteiger partial charge in [0.05, 0.1) is 29.6 Å². The quantitative estimate of drug-likeness (QED) is 0.201. The minimum absolute atomic E-state index is 0.101. The molecular weight excluding hydrogens is 534 g/mol. The van der Waals surface area contributed by atoms with E-state index in [4.69, 9.17) is 69.1 Å². The lowest BCUT2D eigenvalue weighted by atomic mass is 9.28. The molecule has 206 valence electrons. The predicted octanol–water partition coefficient (Wildman–Crippen LogP) is 0.811. The molecule has 12 radical (unpaired) electrons. The van der Waals surface area contributed by atoms with E-state index in [0.29, 0.717) is 29.0 Å². The molecule has 3 N–H and O–H groups in total. The summed E-state index contributed by atoms with van der Waals surface area (Å²) in [5, 5.41) is -2.22. The van der Waals surface area contributed by atoms with Gasteiger partial charge in [0.1, 0.15) is 35.4 Å².